The average Bonchev–Trinajstić information content (AvgIpc) is 3.71. The minimum Gasteiger partial charge on any atom is -0.504 e. The fraction of sp³-hybridized carbons (Fsp3) is 0.472. The van der Waals surface area contributed by atoms with E-state index in [0.717, 1.165) is 24.8 Å². The third-order valence-corrected chi connectivity index (χ3v) is 10.9. The number of amides is 2. The van der Waals surface area contributed by atoms with Crippen molar-refractivity contribution in [3.8, 4) is 5.75 Å². The maximum absolute atomic E-state index is 15.1. The Morgan fingerprint density at radius 2 is 1.92 bits per heavy atom. The van der Waals surface area contributed by atoms with Gasteiger partial charge in [0.2, 0.25) is 11.7 Å². The number of hydrogen-bond donors (Lipinski definition) is 2. The van der Waals surface area contributed by atoms with Crippen molar-refractivity contribution in [2.45, 2.75) is 83.2 Å². The number of hydrogen-bond acceptors (Lipinski definition) is 9. The number of ether oxygens (including phenoxy) is 1. The first kappa shape index (κ1) is 33.1. The minimum absolute atomic E-state index is 0.00338. The van der Waals surface area contributed by atoms with Gasteiger partial charge in [-0.1, -0.05) is 12.1 Å². The lowest BCUT2D eigenvalue weighted by molar-refractivity contribution is -0.116. The second kappa shape index (κ2) is 12.9. The highest BCUT2D eigenvalue weighted by molar-refractivity contribution is 5.95. The van der Waals surface area contributed by atoms with Crippen molar-refractivity contribution in [3.63, 3.8) is 0 Å². The van der Waals surface area contributed by atoms with Gasteiger partial charge in [-0.05, 0) is 93.7 Å². The molecule has 2 fully saturated rings. The van der Waals surface area contributed by atoms with E-state index in [2.05, 4.69) is 20.4 Å². The molecule has 13 nitrogen and oxygen atoms in total. The van der Waals surface area contributed by atoms with Crippen molar-refractivity contribution in [2.75, 3.05) is 25.1 Å². The number of nitrogens with zero attached hydrogens (tertiary/aromatic N) is 7. The van der Waals surface area contributed by atoms with Crippen molar-refractivity contribution < 1.29 is 28.2 Å². The summed E-state index contributed by atoms with van der Waals surface area (Å²) in [6, 6.07) is 2.69. The topological polar surface area (TPSA) is 157 Å². The molecular formula is C36H38F2N8O5. The molecule has 0 spiro atoms. The van der Waals surface area contributed by atoms with Crippen LogP contribution in [0.2, 0.25) is 0 Å². The number of fused-ring (bicyclic) bond motifs is 2. The number of benzene rings is 1. The molecule has 266 valence electrons. The van der Waals surface area contributed by atoms with E-state index in [1.807, 2.05) is 13.0 Å². The molecule has 8 rings (SSSR count). The molecule has 1 aromatic carbocycles. The molecule has 3 atom stereocenters. The lowest BCUT2D eigenvalue weighted by Gasteiger charge is -2.46. The van der Waals surface area contributed by atoms with Gasteiger partial charge in [0.05, 0.1) is 24.6 Å². The number of aryl methyl sites for hydroxylation is 1. The molecule has 15 heteroatoms. The van der Waals surface area contributed by atoms with E-state index >= 15 is 4.39 Å². The summed E-state index contributed by atoms with van der Waals surface area (Å²) in [6.07, 6.45) is 7.83. The Kier molecular flexibility index (Phi) is 8.39. The fourth-order valence-corrected chi connectivity index (χ4v) is 8.01. The quantitative estimate of drug-likeness (QED) is 0.260. The Hall–Kier alpha value is -5.05. The fourth-order valence-electron chi connectivity index (χ4n) is 8.01. The number of halogens is 2. The molecule has 0 radical (unpaired) electrons. The van der Waals surface area contributed by atoms with E-state index in [9.17, 15) is 23.9 Å². The van der Waals surface area contributed by atoms with E-state index in [4.69, 9.17) is 9.72 Å². The second-order valence-corrected chi connectivity index (χ2v) is 13.8. The molecule has 0 bridgehead atoms. The standard InChI is InChI=1S/C36H38F2N8O5/c1-3-44(35(50)31-32(48)18(2)39-17-40-31)25-10-7-22(25)23-8-11-26-28(23)34(49)46-36(42-33(43-46)20-12-14-51-15-13-20)45(26)16-27(47)41-24-9-6-21(19-4-5-19)29(37)30(24)38/h6,9,12,17,19,22-23,25,48H,3-5,7-8,10-11,13-16H2,1-2H3,(H,41,47). The van der Waals surface area contributed by atoms with Gasteiger partial charge < -0.3 is 24.6 Å². The van der Waals surface area contributed by atoms with E-state index in [1.54, 1.807) is 16.4 Å². The van der Waals surface area contributed by atoms with Gasteiger partial charge in [0.1, 0.15) is 12.9 Å². The zero-order valence-corrected chi connectivity index (χ0v) is 28.4. The second-order valence-electron chi connectivity index (χ2n) is 13.8. The number of carbonyl (C=O) groups is 2. The number of aromatic nitrogens is 6. The van der Waals surface area contributed by atoms with Crippen molar-refractivity contribution >= 4 is 28.9 Å². The number of aromatic hydroxyl groups is 1. The lowest BCUT2D eigenvalue weighted by atomic mass is 9.69. The van der Waals surface area contributed by atoms with Gasteiger partial charge in [-0.3, -0.25) is 14.4 Å². The van der Waals surface area contributed by atoms with Gasteiger partial charge in [0.25, 0.3) is 11.5 Å². The third-order valence-electron chi connectivity index (χ3n) is 10.9. The molecule has 2 saturated carbocycles. The number of anilines is 1. The van der Waals surface area contributed by atoms with Gasteiger partial charge in [-0.15, -0.1) is 5.10 Å². The molecule has 3 unspecified atom stereocenters. The van der Waals surface area contributed by atoms with E-state index in [-0.39, 0.29) is 58.8 Å². The van der Waals surface area contributed by atoms with Gasteiger partial charge in [-0.25, -0.2) is 18.7 Å². The molecule has 4 aromatic rings. The Labute approximate surface area is 291 Å². The number of rotatable bonds is 9. The highest BCUT2D eigenvalue weighted by Crippen LogP contribution is 2.48. The molecule has 2 N–H and O–H groups in total. The molecule has 3 aromatic heterocycles. The zero-order chi connectivity index (χ0) is 35.6. The van der Waals surface area contributed by atoms with Crippen molar-refractivity contribution in [1.29, 1.82) is 0 Å². The number of carbonyl (C=O) groups excluding carboxylic acids is 2. The van der Waals surface area contributed by atoms with E-state index < -0.39 is 23.4 Å². The Morgan fingerprint density at radius 3 is 2.63 bits per heavy atom. The summed E-state index contributed by atoms with van der Waals surface area (Å²) in [4.78, 5) is 56.1. The van der Waals surface area contributed by atoms with Crippen LogP contribution in [0.25, 0.3) is 11.4 Å². The predicted octanol–water partition coefficient (Wildman–Crippen LogP) is 4.26. The summed E-state index contributed by atoms with van der Waals surface area (Å²) in [5.41, 5.74) is 1.94. The Balaban J connectivity index is 1.15. The monoisotopic (exact) mass is 700 g/mol. The van der Waals surface area contributed by atoms with Crippen molar-refractivity contribution in [2.24, 2.45) is 5.92 Å². The molecule has 4 aliphatic rings. The summed E-state index contributed by atoms with van der Waals surface area (Å²) >= 11 is 0. The first-order chi connectivity index (χ1) is 24.7. The Bertz CT molecular complexity index is 2180. The normalized spacial score (nSPS) is 21.3. The first-order valence-electron chi connectivity index (χ1n) is 17.5. The average molecular weight is 701 g/mol. The zero-order valence-electron chi connectivity index (χ0n) is 28.4. The minimum atomic E-state index is -1.10. The summed E-state index contributed by atoms with van der Waals surface area (Å²) < 4.78 is 38.3. The Morgan fingerprint density at radius 1 is 1.10 bits per heavy atom. The van der Waals surface area contributed by atoms with E-state index in [0.29, 0.717) is 73.8 Å². The van der Waals surface area contributed by atoms with Crippen LogP contribution in [0.15, 0.2) is 29.3 Å². The van der Waals surface area contributed by atoms with Crippen LogP contribution in [0.5, 0.6) is 5.75 Å². The molecular weight excluding hydrogens is 662 g/mol. The molecule has 0 saturated heterocycles. The van der Waals surface area contributed by atoms with Gasteiger partial charge >= 0.3 is 0 Å². The van der Waals surface area contributed by atoms with Gasteiger partial charge in [-0.2, -0.15) is 9.50 Å². The highest BCUT2D eigenvalue weighted by Gasteiger charge is 2.47. The smallest absolute Gasteiger partial charge is 0.279 e. The van der Waals surface area contributed by atoms with Crippen LogP contribution in [0.3, 0.4) is 0 Å². The van der Waals surface area contributed by atoms with E-state index in [1.165, 1.54) is 23.0 Å². The summed E-state index contributed by atoms with van der Waals surface area (Å²) in [7, 11) is 0. The lowest BCUT2D eigenvalue weighted by Crippen LogP contribution is -2.52. The maximum atomic E-state index is 15.1. The van der Waals surface area contributed by atoms with Crippen LogP contribution >= 0.6 is 0 Å². The molecule has 4 heterocycles. The summed E-state index contributed by atoms with van der Waals surface area (Å²) in [6.45, 7) is 4.40. The van der Waals surface area contributed by atoms with Crippen molar-refractivity contribution in [3.05, 3.63) is 80.6 Å². The van der Waals surface area contributed by atoms with Crippen LogP contribution in [0, 0.1) is 24.5 Å². The first-order valence-corrected chi connectivity index (χ1v) is 17.5. The van der Waals surface area contributed by atoms with Crippen molar-refractivity contribution in [1.82, 2.24) is 34.0 Å². The third kappa shape index (κ3) is 5.67. The molecule has 2 amide bonds. The van der Waals surface area contributed by atoms with Crippen LogP contribution in [0.1, 0.15) is 96.1 Å². The SMILES string of the molecule is CCN(C(=O)c1ncnc(C)c1O)C1CCC1C1CCc2c1c(=O)n1nc(C3=CCOCC3)nc1n2CC(=O)Nc1ccc(C2CC2)c(F)c1F. The largest absolute Gasteiger partial charge is 0.504 e. The predicted molar refractivity (Wildman–Crippen MR) is 180 cm³/mol. The van der Waals surface area contributed by atoms with Gasteiger partial charge in [0.15, 0.2) is 28.9 Å². The number of nitrogens with one attached hydrogen (secondary N) is 1. The van der Waals surface area contributed by atoms with Crippen LogP contribution in [-0.4, -0.2) is 76.8 Å². The molecule has 3 aliphatic carbocycles. The highest BCUT2D eigenvalue weighted by atomic mass is 19.2. The van der Waals surface area contributed by atoms with Gasteiger partial charge in [0, 0.05) is 23.8 Å². The molecule has 1 aliphatic heterocycles. The van der Waals surface area contributed by atoms with Crippen LogP contribution in [-0.2, 0) is 22.5 Å². The van der Waals surface area contributed by atoms with Crippen LogP contribution < -0.4 is 10.9 Å². The van der Waals surface area contributed by atoms with Crippen LogP contribution in [0.4, 0.5) is 14.5 Å². The summed E-state index contributed by atoms with van der Waals surface area (Å²) in [5.74, 6) is -3.10. The molecule has 51 heavy (non-hydrogen) atoms. The maximum Gasteiger partial charge on any atom is 0.279 e. The summed E-state index contributed by atoms with van der Waals surface area (Å²) in [5, 5.41) is 17.7.